The van der Waals surface area contributed by atoms with Gasteiger partial charge < -0.3 is 15.5 Å². The van der Waals surface area contributed by atoms with E-state index >= 15 is 0 Å². The van der Waals surface area contributed by atoms with Crippen LogP contribution < -0.4 is 5.32 Å². The number of carboxylic acid groups (broad SMARTS) is 1. The molecule has 1 rings (SSSR count). The van der Waals surface area contributed by atoms with Crippen LogP contribution in [0.3, 0.4) is 0 Å². The minimum Gasteiger partial charge on any atom is -0.465 e. The smallest absolute Gasteiger partial charge is 0.404 e. The van der Waals surface area contributed by atoms with E-state index in [1.165, 1.54) is 5.56 Å². The quantitative estimate of drug-likeness (QED) is 0.621. The summed E-state index contributed by atoms with van der Waals surface area (Å²) in [5, 5.41) is 19.8. The van der Waals surface area contributed by atoms with Crippen LogP contribution in [0.4, 0.5) is 4.79 Å². The molecule has 4 nitrogen and oxygen atoms in total. The summed E-state index contributed by atoms with van der Waals surface area (Å²) in [7, 11) is 0. The predicted octanol–water partition coefficient (Wildman–Crippen LogP) is 2.42. The SMILES string of the molecule is O=C(O)N[C@H](CO)CCCCCc1ccccc1. The van der Waals surface area contributed by atoms with Gasteiger partial charge in [-0.2, -0.15) is 0 Å². The molecule has 1 aromatic carbocycles. The summed E-state index contributed by atoms with van der Waals surface area (Å²) in [4.78, 5) is 10.4. The van der Waals surface area contributed by atoms with Crippen LogP contribution in [0.2, 0.25) is 0 Å². The highest BCUT2D eigenvalue weighted by Crippen LogP contribution is 2.08. The molecule has 100 valence electrons. The average molecular weight is 251 g/mol. The highest BCUT2D eigenvalue weighted by Gasteiger charge is 2.09. The van der Waals surface area contributed by atoms with Gasteiger partial charge in [-0.25, -0.2) is 4.79 Å². The van der Waals surface area contributed by atoms with E-state index in [0.717, 1.165) is 25.7 Å². The Morgan fingerprint density at radius 3 is 2.50 bits per heavy atom. The Hall–Kier alpha value is -1.55. The number of rotatable bonds is 8. The first-order valence-corrected chi connectivity index (χ1v) is 6.36. The van der Waals surface area contributed by atoms with Gasteiger partial charge in [-0.1, -0.05) is 43.2 Å². The number of benzene rings is 1. The fourth-order valence-electron chi connectivity index (χ4n) is 1.93. The van der Waals surface area contributed by atoms with Gasteiger partial charge in [-0.05, 0) is 24.8 Å². The first-order chi connectivity index (χ1) is 8.72. The van der Waals surface area contributed by atoms with E-state index in [4.69, 9.17) is 10.2 Å². The average Bonchev–Trinajstić information content (AvgIpc) is 2.37. The molecule has 0 radical (unpaired) electrons. The number of hydrogen-bond acceptors (Lipinski definition) is 2. The van der Waals surface area contributed by atoms with Crippen molar-refractivity contribution in [2.75, 3.05) is 6.61 Å². The van der Waals surface area contributed by atoms with Crippen molar-refractivity contribution in [1.29, 1.82) is 0 Å². The van der Waals surface area contributed by atoms with Crippen molar-refractivity contribution < 1.29 is 15.0 Å². The summed E-state index contributed by atoms with van der Waals surface area (Å²) in [6, 6.07) is 9.97. The maximum absolute atomic E-state index is 10.4. The maximum Gasteiger partial charge on any atom is 0.404 e. The highest BCUT2D eigenvalue weighted by atomic mass is 16.4. The van der Waals surface area contributed by atoms with Crippen molar-refractivity contribution in [1.82, 2.24) is 5.32 Å². The number of carbonyl (C=O) groups is 1. The van der Waals surface area contributed by atoms with Crippen molar-refractivity contribution >= 4 is 6.09 Å². The van der Waals surface area contributed by atoms with E-state index in [2.05, 4.69) is 17.4 Å². The van der Waals surface area contributed by atoms with E-state index in [1.54, 1.807) is 0 Å². The molecule has 1 atom stereocenters. The lowest BCUT2D eigenvalue weighted by Gasteiger charge is -2.13. The van der Waals surface area contributed by atoms with Gasteiger partial charge in [0.05, 0.1) is 12.6 Å². The van der Waals surface area contributed by atoms with Gasteiger partial charge in [0.15, 0.2) is 0 Å². The fourth-order valence-corrected chi connectivity index (χ4v) is 1.93. The zero-order chi connectivity index (χ0) is 13.2. The molecule has 0 aliphatic carbocycles. The van der Waals surface area contributed by atoms with E-state index in [9.17, 15) is 4.79 Å². The summed E-state index contributed by atoms with van der Waals surface area (Å²) >= 11 is 0. The van der Waals surface area contributed by atoms with Gasteiger partial charge in [0.1, 0.15) is 0 Å². The molecule has 0 saturated carbocycles. The molecule has 0 fully saturated rings. The molecule has 0 aliphatic rings. The van der Waals surface area contributed by atoms with Crippen LogP contribution in [-0.4, -0.2) is 29.0 Å². The van der Waals surface area contributed by atoms with Crippen LogP contribution in [0.5, 0.6) is 0 Å². The molecule has 0 aromatic heterocycles. The Morgan fingerprint density at radius 2 is 1.89 bits per heavy atom. The minimum atomic E-state index is -1.07. The van der Waals surface area contributed by atoms with Crippen molar-refractivity contribution in [2.24, 2.45) is 0 Å². The second-order valence-corrected chi connectivity index (χ2v) is 4.41. The Labute approximate surface area is 108 Å². The van der Waals surface area contributed by atoms with Crippen molar-refractivity contribution in [3.8, 4) is 0 Å². The molecule has 18 heavy (non-hydrogen) atoms. The molecule has 0 heterocycles. The maximum atomic E-state index is 10.4. The van der Waals surface area contributed by atoms with Crippen LogP contribution in [0, 0.1) is 0 Å². The van der Waals surface area contributed by atoms with Gasteiger partial charge in [-0.15, -0.1) is 0 Å². The normalized spacial score (nSPS) is 12.1. The molecule has 0 aliphatic heterocycles. The number of aryl methyl sites for hydroxylation is 1. The lowest BCUT2D eigenvalue weighted by Crippen LogP contribution is -2.36. The summed E-state index contributed by atoms with van der Waals surface area (Å²) < 4.78 is 0. The number of unbranched alkanes of at least 4 members (excludes halogenated alkanes) is 2. The number of aliphatic hydroxyl groups is 1. The van der Waals surface area contributed by atoms with E-state index in [-0.39, 0.29) is 12.6 Å². The molecule has 0 unspecified atom stereocenters. The molecule has 1 amide bonds. The second kappa shape index (κ2) is 8.53. The number of nitrogens with one attached hydrogen (secondary N) is 1. The monoisotopic (exact) mass is 251 g/mol. The first kappa shape index (κ1) is 14.5. The van der Waals surface area contributed by atoms with Crippen LogP contribution in [0.1, 0.15) is 31.2 Å². The fraction of sp³-hybridized carbons (Fsp3) is 0.500. The zero-order valence-electron chi connectivity index (χ0n) is 10.5. The van der Waals surface area contributed by atoms with Crippen molar-refractivity contribution in [2.45, 2.75) is 38.1 Å². The third kappa shape index (κ3) is 6.25. The van der Waals surface area contributed by atoms with Gasteiger partial charge in [0.2, 0.25) is 0 Å². The molecule has 0 saturated heterocycles. The van der Waals surface area contributed by atoms with Crippen molar-refractivity contribution in [3.05, 3.63) is 35.9 Å². The molecule has 1 aromatic rings. The highest BCUT2D eigenvalue weighted by molar-refractivity contribution is 5.64. The summed E-state index contributed by atoms with van der Waals surface area (Å²) in [6.07, 6.45) is 3.74. The lowest BCUT2D eigenvalue weighted by atomic mass is 10.0. The largest absolute Gasteiger partial charge is 0.465 e. The Balaban J connectivity index is 2.09. The van der Waals surface area contributed by atoms with E-state index in [0.29, 0.717) is 6.42 Å². The predicted molar refractivity (Wildman–Crippen MR) is 70.6 cm³/mol. The van der Waals surface area contributed by atoms with Gasteiger partial charge in [0.25, 0.3) is 0 Å². The third-order valence-electron chi connectivity index (χ3n) is 2.91. The summed E-state index contributed by atoms with van der Waals surface area (Å²) in [5.74, 6) is 0. The van der Waals surface area contributed by atoms with Gasteiger partial charge >= 0.3 is 6.09 Å². The molecule has 0 bridgehead atoms. The van der Waals surface area contributed by atoms with E-state index in [1.807, 2.05) is 18.2 Å². The molecular weight excluding hydrogens is 230 g/mol. The number of aliphatic hydroxyl groups excluding tert-OH is 1. The minimum absolute atomic E-state index is 0.134. The van der Waals surface area contributed by atoms with Crippen LogP contribution in [0.25, 0.3) is 0 Å². The zero-order valence-corrected chi connectivity index (χ0v) is 10.5. The first-order valence-electron chi connectivity index (χ1n) is 6.36. The molecule has 0 spiro atoms. The second-order valence-electron chi connectivity index (χ2n) is 4.41. The molecule has 4 heteroatoms. The number of hydrogen-bond donors (Lipinski definition) is 3. The van der Waals surface area contributed by atoms with Crippen molar-refractivity contribution in [3.63, 3.8) is 0 Å². The van der Waals surface area contributed by atoms with Gasteiger partial charge in [-0.3, -0.25) is 0 Å². The van der Waals surface area contributed by atoms with Gasteiger partial charge in [0, 0.05) is 0 Å². The summed E-state index contributed by atoms with van der Waals surface area (Å²) in [6.45, 7) is -0.134. The third-order valence-corrected chi connectivity index (χ3v) is 2.91. The topological polar surface area (TPSA) is 69.6 Å². The number of amides is 1. The molecule has 3 N–H and O–H groups in total. The Bertz CT molecular complexity index is 340. The lowest BCUT2D eigenvalue weighted by molar-refractivity contribution is 0.174. The summed E-state index contributed by atoms with van der Waals surface area (Å²) in [5.41, 5.74) is 1.33. The Morgan fingerprint density at radius 1 is 1.17 bits per heavy atom. The standard InChI is InChI=1S/C14H21NO3/c16-11-13(15-14(17)18)10-6-2-5-9-12-7-3-1-4-8-12/h1,3-4,7-8,13,15-16H,2,5-6,9-11H2,(H,17,18)/t13-/m0/s1. The van der Waals surface area contributed by atoms with Crippen LogP contribution in [-0.2, 0) is 6.42 Å². The van der Waals surface area contributed by atoms with Crippen LogP contribution in [0.15, 0.2) is 30.3 Å². The van der Waals surface area contributed by atoms with E-state index < -0.39 is 6.09 Å². The Kier molecular flexibility index (Phi) is 6.87. The van der Waals surface area contributed by atoms with Crippen LogP contribution >= 0.6 is 0 Å². The molecular formula is C14H21NO3.